The zero-order valence-corrected chi connectivity index (χ0v) is 11.7. The summed E-state index contributed by atoms with van der Waals surface area (Å²) in [7, 11) is 2.92. The van der Waals surface area contributed by atoms with Gasteiger partial charge in [-0.25, -0.2) is 9.80 Å². The maximum Gasteiger partial charge on any atom is 0.370 e. The Morgan fingerprint density at radius 1 is 1.21 bits per heavy atom. The maximum absolute atomic E-state index is 14.3. The third-order valence-electron chi connectivity index (χ3n) is 3.54. The molecule has 1 aliphatic rings. The molecule has 0 N–H and O–H groups in total. The zero-order valence-electron chi connectivity index (χ0n) is 11.7. The molecule has 7 heteroatoms. The second-order valence-electron chi connectivity index (χ2n) is 4.84. The van der Waals surface area contributed by atoms with Crippen LogP contribution in [0.3, 0.4) is 0 Å². The number of ether oxygens (including phenoxy) is 2. The van der Waals surface area contributed by atoms with Gasteiger partial charge in [0.05, 0.1) is 19.9 Å². The van der Waals surface area contributed by atoms with Gasteiger partial charge in [-0.3, -0.25) is 4.39 Å². The Morgan fingerprint density at radius 2 is 1.89 bits per heavy atom. The Labute approximate surface area is 112 Å². The highest BCUT2D eigenvalue weighted by Gasteiger charge is 2.52. The molecular formula is C12H23F3N2O2. The summed E-state index contributed by atoms with van der Waals surface area (Å²) in [6, 6.07) is -0.627. The van der Waals surface area contributed by atoms with Gasteiger partial charge in [-0.15, -0.1) is 0 Å². The summed E-state index contributed by atoms with van der Waals surface area (Å²) in [6.45, 7) is 1.93. The Hall–Kier alpha value is -0.370. The summed E-state index contributed by atoms with van der Waals surface area (Å²) >= 11 is 0. The largest absolute Gasteiger partial charge is 0.383 e. The van der Waals surface area contributed by atoms with Crippen molar-refractivity contribution in [1.82, 2.24) is 9.80 Å². The second-order valence-corrected chi connectivity index (χ2v) is 4.84. The van der Waals surface area contributed by atoms with Gasteiger partial charge in [-0.1, -0.05) is 6.92 Å². The van der Waals surface area contributed by atoms with Crippen molar-refractivity contribution in [1.29, 1.82) is 0 Å². The Balaban J connectivity index is 2.75. The maximum atomic E-state index is 14.3. The molecule has 1 aliphatic heterocycles. The molecule has 0 amide bonds. The van der Waals surface area contributed by atoms with Gasteiger partial charge >= 0.3 is 6.17 Å². The first-order valence-electron chi connectivity index (χ1n) is 6.42. The summed E-state index contributed by atoms with van der Waals surface area (Å²) in [5.74, 6) is -0.492. The third-order valence-corrected chi connectivity index (χ3v) is 3.54. The molecular weight excluding hydrogens is 261 g/mol. The van der Waals surface area contributed by atoms with Crippen LogP contribution in [-0.4, -0.2) is 75.8 Å². The fraction of sp³-hybridized carbons (Fsp3) is 1.00. The van der Waals surface area contributed by atoms with Crippen LogP contribution in [0.2, 0.25) is 0 Å². The lowest BCUT2D eigenvalue weighted by molar-refractivity contribution is -0.232. The Bertz CT molecular complexity index is 269. The van der Waals surface area contributed by atoms with Crippen LogP contribution in [-0.2, 0) is 9.47 Å². The molecule has 114 valence electrons. The predicted molar refractivity (Wildman–Crippen MR) is 65.9 cm³/mol. The van der Waals surface area contributed by atoms with E-state index in [1.54, 1.807) is 6.92 Å². The fourth-order valence-electron chi connectivity index (χ4n) is 2.33. The Morgan fingerprint density at radius 3 is 2.42 bits per heavy atom. The van der Waals surface area contributed by atoms with E-state index >= 15 is 0 Å². The van der Waals surface area contributed by atoms with E-state index in [9.17, 15) is 13.2 Å². The Kier molecular flexibility index (Phi) is 6.52. The van der Waals surface area contributed by atoms with Gasteiger partial charge < -0.3 is 9.47 Å². The number of alkyl halides is 3. The average molecular weight is 284 g/mol. The van der Waals surface area contributed by atoms with E-state index in [1.807, 2.05) is 0 Å². The molecule has 0 saturated carbocycles. The van der Waals surface area contributed by atoms with Crippen LogP contribution in [0.1, 0.15) is 6.92 Å². The smallest absolute Gasteiger partial charge is 0.370 e. The number of hydrogen-bond acceptors (Lipinski definition) is 4. The van der Waals surface area contributed by atoms with E-state index in [4.69, 9.17) is 9.47 Å². The van der Waals surface area contributed by atoms with Crippen LogP contribution in [0, 0.1) is 5.92 Å². The van der Waals surface area contributed by atoms with E-state index in [2.05, 4.69) is 0 Å². The van der Waals surface area contributed by atoms with E-state index in [1.165, 1.54) is 14.2 Å². The first kappa shape index (κ1) is 16.7. The molecule has 0 aliphatic carbocycles. The highest BCUT2D eigenvalue weighted by molar-refractivity contribution is 4.88. The molecule has 0 aromatic carbocycles. The lowest BCUT2D eigenvalue weighted by Gasteiger charge is -2.36. The average Bonchev–Trinajstić information content (AvgIpc) is 2.67. The molecule has 1 rings (SSSR count). The number of halogens is 3. The zero-order chi connectivity index (χ0) is 14.5. The normalized spacial score (nSPS) is 23.7. The van der Waals surface area contributed by atoms with Crippen molar-refractivity contribution >= 4 is 0 Å². The van der Waals surface area contributed by atoms with Gasteiger partial charge in [0.15, 0.2) is 0 Å². The quantitative estimate of drug-likeness (QED) is 0.629. The molecule has 1 fully saturated rings. The number of nitrogens with zero attached hydrogens (tertiary/aromatic N) is 2. The summed E-state index contributed by atoms with van der Waals surface area (Å²) in [5, 5.41) is 0. The van der Waals surface area contributed by atoms with Crippen molar-refractivity contribution in [2.75, 3.05) is 53.7 Å². The summed E-state index contributed by atoms with van der Waals surface area (Å²) in [4.78, 5) is 2.10. The minimum absolute atomic E-state index is 0.0960. The molecule has 0 bridgehead atoms. The summed E-state index contributed by atoms with van der Waals surface area (Å²) in [5.41, 5.74) is 0. The topological polar surface area (TPSA) is 24.9 Å². The van der Waals surface area contributed by atoms with E-state index in [0.29, 0.717) is 0 Å². The molecule has 2 atom stereocenters. The highest BCUT2D eigenvalue weighted by Crippen LogP contribution is 2.33. The molecule has 1 saturated heterocycles. The number of hydrogen-bond donors (Lipinski definition) is 0. The van der Waals surface area contributed by atoms with Crippen molar-refractivity contribution in [2.24, 2.45) is 5.92 Å². The van der Waals surface area contributed by atoms with Crippen LogP contribution in [0.15, 0.2) is 0 Å². The van der Waals surface area contributed by atoms with Gasteiger partial charge in [0, 0.05) is 45.8 Å². The van der Waals surface area contributed by atoms with Crippen molar-refractivity contribution in [2.45, 2.75) is 19.1 Å². The molecule has 0 aromatic heterocycles. The summed E-state index contributed by atoms with van der Waals surface area (Å²) < 4.78 is 51.2. The van der Waals surface area contributed by atoms with Gasteiger partial charge in [0.2, 0.25) is 0 Å². The van der Waals surface area contributed by atoms with Gasteiger partial charge in [-0.2, -0.15) is 8.78 Å². The fourth-order valence-corrected chi connectivity index (χ4v) is 2.33. The number of rotatable bonds is 8. The van der Waals surface area contributed by atoms with Gasteiger partial charge in [0.25, 0.3) is 0 Å². The van der Waals surface area contributed by atoms with Gasteiger partial charge in [-0.05, 0) is 0 Å². The second kappa shape index (κ2) is 7.42. The van der Waals surface area contributed by atoms with Crippen LogP contribution in [0.25, 0.3) is 0 Å². The SMILES string of the molecule is COCCN1CCN(C(COC)C(C)CF)C1(F)F. The molecule has 0 spiro atoms. The predicted octanol–water partition coefficient (Wildman–Crippen LogP) is 1.42. The van der Waals surface area contributed by atoms with Crippen LogP contribution in [0.5, 0.6) is 0 Å². The van der Waals surface area contributed by atoms with Gasteiger partial charge in [0.1, 0.15) is 0 Å². The van der Waals surface area contributed by atoms with E-state index < -0.39 is 24.8 Å². The molecule has 4 nitrogen and oxygen atoms in total. The molecule has 0 aromatic rings. The lowest BCUT2D eigenvalue weighted by Crippen LogP contribution is -2.54. The lowest BCUT2D eigenvalue weighted by atomic mass is 10.0. The van der Waals surface area contributed by atoms with Crippen molar-refractivity contribution in [3.05, 3.63) is 0 Å². The minimum Gasteiger partial charge on any atom is -0.383 e. The first-order chi connectivity index (χ1) is 8.98. The third kappa shape index (κ3) is 3.81. The monoisotopic (exact) mass is 284 g/mol. The molecule has 1 heterocycles. The molecule has 2 unspecified atom stereocenters. The highest BCUT2D eigenvalue weighted by atomic mass is 19.3. The first-order valence-corrected chi connectivity index (χ1v) is 6.42. The standard InChI is InChI=1S/C12H23F3N2O2/c1-10(8-13)11(9-19-3)17-5-4-16(6-7-18-2)12(17,14)15/h10-11H,4-9H2,1-3H3. The van der Waals surface area contributed by atoms with Crippen LogP contribution >= 0.6 is 0 Å². The minimum atomic E-state index is -3.08. The van der Waals surface area contributed by atoms with E-state index in [-0.39, 0.29) is 32.8 Å². The summed E-state index contributed by atoms with van der Waals surface area (Å²) in [6.07, 6.45) is -3.08. The van der Waals surface area contributed by atoms with Crippen molar-refractivity contribution in [3.8, 4) is 0 Å². The van der Waals surface area contributed by atoms with Crippen molar-refractivity contribution in [3.63, 3.8) is 0 Å². The van der Waals surface area contributed by atoms with Crippen molar-refractivity contribution < 1.29 is 22.6 Å². The van der Waals surface area contributed by atoms with Crippen LogP contribution < -0.4 is 0 Å². The molecule has 19 heavy (non-hydrogen) atoms. The number of methoxy groups -OCH3 is 2. The van der Waals surface area contributed by atoms with Crippen LogP contribution in [0.4, 0.5) is 13.2 Å². The van der Waals surface area contributed by atoms with E-state index in [0.717, 1.165) is 9.80 Å². The molecule has 0 radical (unpaired) electrons.